The maximum absolute atomic E-state index is 12.6. The number of carbonyl (C=O) groups excluding carboxylic acids is 1. The summed E-state index contributed by atoms with van der Waals surface area (Å²) in [5.41, 5.74) is 5.08. The van der Waals surface area contributed by atoms with Crippen LogP contribution in [-0.2, 0) is 11.3 Å². The number of nitrogens with zero attached hydrogens (tertiary/aromatic N) is 5. The van der Waals surface area contributed by atoms with Crippen molar-refractivity contribution >= 4 is 34.5 Å². The number of rotatable bonds is 8. The number of fused-ring (bicyclic) bond motifs is 1. The minimum atomic E-state index is -0.406. The summed E-state index contributed by atoms with van der Waals surface area (Å²) in [5.74, 6) is -0.420. The highest BCUT2D eigenvalue weighted by Gasteiger charge is 2.13. The molecule has 4 aromatic rings. The summed E-state index contributed by atoms with van der Waals surface area (Å²) in [6.45, 7) is 5.32. The van der Waals surface area contributed by atoms with Crippen LogP contribution in [0.5, 0.6) is 0 Å². The highest BCUT2D eigenvalue weighted by Crippen LogP contribution is 2.23. The summed E-state index contributed by atoms with van der Waals surface area (Å²) in [6.07, 6.45) is 1.64. The average Bonchev–Trinajstić information content (AvgIpc) is 3.36. The van der Waals surface area contributed by atoms with Crippen LogP contribution in [0.2, 0.25) is 0 Å². The summed E-state index contributed by atoms with van der Waals surface area (Å²) in [6, 6.07) is 11.3. The molecule has 0 atom stereocenters. The molecule has 1 amide bonds. The predicted octanol–water partition coefficient (Wildman–Crippen LogP) is 3.08. The highest BCUT2D eigenvalue weighted by atomic mass is 32.2. The second-order valence-electron chi connectivity index (χ2n) is 8.09. The van der Waals surface area contributed by atoms with Gasteiger partial charge in [0.25, 0.3) is 0 Å². The van der Waals surface area contributed by atoms with E-state index in [1.54, 1.807) is 29.1 Å². The van der Waals surface area contributed by atoms with Crippen molar-refractivity contribution in [2.75, 3.05) is 31.7 Å². The van der Waals surface area contributed by atoms with E-state index in [1.165, 1.54) is 22.9 Å². The number of carbonyl (C=O) groups is 1. The number of hydrogen-bond donors (Lipinski definition) is 1. The number of nitrogens with one attached hydrogen (secondary N) is 1. The van der Waals surface area contributed by atoms with Crippen LogP contribution in [0.3, 0.4) is 0 Å². The number of aromatic nitrogens is 4. The van der Waals surface area contributed by atoms with Gasteiger partial charge in [0.15, 0.2) is 10.7 Å². The molecule has 1 N–H and O–H groups in total. The lowest BCUT2D eigenvalue weighted by molar-refractivity contribution is -0.113. The van der Waals surface area contributed by atoms with Crippen molar-refractivity contribution in [2.24, 2.45) is 0 Å². The number of oxazole rings is 1. The van der Waals surface area contributed by atoms with E-state index in [2.05, 4.69) is 41.5 Å². The number of thioether (sulfide) groups is 1. The van der Waals surface area contributed by atoms with Crippen molar-refractivity contribution < 1.29 is 9.21 Å². The lowest BCUT2D eigenvalue weighted by atomic mass is 10.1. The first-order chi connectivity index (χ1) is 15.8. The van der Waals surface area contributed by atoms with Gasteiger partial charge in [-0.2, -0.15) is 0 Å². The standard InChI is InChI=1S/C23H26N6O3S/c1-15-5-7-18(11-16(15)2)29-14-24-26-22(29)33-13-21(30)25-17-6-8-20-19(12-17)28(23(31)32-20)10-9-27(3)4/h5-8,11-12,14H,9-10,13H2,1-4H3,(H,25,30). The van der Waals surface area contributed by atoms with Crippen LogP contribution >= 0.6 is 11.8 Å². The molecule has 2 aromatic carbocycles. The summed E-state index contributed by atoms with van der Waals surface area (Å²) in [4.78, 5) is 26.8. The topological polar surface area (TPSA) is 98.2 Å². The molecule has 0 radical (unpaired) electrons. The molecule has 0 saturated carbocycles. The van der Waals surface area contributed by atoms with Gasteiger partial charge in [0, 0.05) is 24.5 Å². The van der Waals surface area contributed by atoms with E-state index in [0.717, 1.165) is 5.69 Å². The second kappa shape index (κ2) is 9.63. The van der Waals surface area contributed by atoms with Crippen LogP contribution < -0.4 is 11.1 Å². The van der Waals surface area contributed by atoms with Gasteiger partial charge in [0.2, 0.25) is 5.91 Å². The number of benzene rings is 2. The third-order valence-electron chi connectivity index (χ3n) is 5.34. The smallest absolute Gasteiger partial charge is 0.408 e. The van der Waals surface area contributed by atoms with E-state index in [1.807, 2.05) is 29.6 Å². The van der Waals surface area contributed by atoms with Crippen LogP contribution in [0.15, 0.2) is 57.1 Å². The summed E-state index contributed by atoms with van der Waals surface area (Å²) in [5, 5.41) is 11.7. The van der Waals surface area contributed by atoms with E-state index >= 15 is 0 Å². The molecular formula is C23H26N6O3S. The second-order valence-corrected chi connectivity index (χ2v) is 9.04. The van der Waals surface area contributed by atoms with Crippen molar-refractivity contribution in [3.8, 4) is 5.69 Å². The van der Waals surface area contributed by atoms with Gasteiger partial charge in [-0.15, -0.1) is 10.2 Å². The first kappa shape index (κ1) is 22.8. The van der Waals surface area contributed by atoms with E-state index in [4.69, 9.17) is 4.42 Å². The molecule has 2 heterocycles. The summed E-state index contributed by atoms with van der Waals surface area (Å²) >= 11 is 1.31. The number of amides is 1. The fraction of sp³-hybridized carbons (Fsp3) is 0.304. The molecule has 0 aliphatic carbocycles. The van der Waals surface area contributed by atoms with Gasteiger partial charge >= 0.3 is 5.76 Å². The minimum absolute atomic E-state index is 0.167. The Morgan fingerprint density at radius 1 is 1.15 bits per heavy atom. The number of likely N-dealkylation sites (N-methyl/N-ethyl adjacent to an activating group) is 1. The molecule has 4 rings (SSSR count). The van der Waals surface area contributed by atoms with E-state index in [-0.39, 0.29) is 11.7 Å². The molecule has 2 aromatic heterocycles. The number of hydrogen-bond acceptors (Lipinski definition) is 7. The molecule has 0 spiro atoms. The molecule has 0 bridgehead atoms. The summed E-state index contributed by atoms with van der Waals surface area (Å²) in [7, 11) is 3.88. The fourth-order valence-corrected chi connectivity index (χ4v) is 4.08. The van der Waals surface area contributed by atoms with Gasteiger partial charge < -0.3 is 14.6 Å². The van der Waals surface area contributed by atoms with Gasteiger partial charge in [0.05, 0.1) is 11.3 Å². The molecule has 33 heavy (non-hydrogen) atoms. The molecule has 172 valence electrons. The number of anilines is 1. The monoisotopic (exact) mass is 466 g/mol. The third-order valence-corrected chi connectivity index (χ3v) is 6.28. The third kappa shape index (κ3) is 5.18. The maximum Gasteiger partial charge on any atom is 0.419 e. The first-order valence-corrected chi connectivity index (χ1v) is 11.5. The van der Waals surface area contributed by atoms with Gasteiger partial charge in [-0.25, -0.2) is 4.79 Å². The van der Waals surface area contributed by atoms with Gasteiger partial charge in [-0.3, -0.25) is 13.9 Å². The first-order valence-electron chi connectivity index (χ1n) is 10.5. The maximum atomic E-state index is 12.6. The quantitative estimate of drug-likeness (QED) is 0.399. The Balaban J connectivity index is 1.44. The van der Waals surface area contributed by atoms with Crippen LogP contribution in [0.25, 0.3) is 16.8 Å². The van der Waals surface area contributed by atoms with E-state index < -0.39 is 5.76 Å². The van der Waals surface area contributed by atoms with Gasteiger partial charge in [0.1, 0.15) is 6.33 Å². The molecule has 10 heteroatoms. The zero-order valence-corrected chi connectivity index (χ0v) is 19.8. The van der Waals surface area contributed by atoms with Crippen molar-refractivity contribution in [3.63, 3.8) is 0 Å². The van der Waals surface area contributed by atoms with Crippen molar-refractivity contribution in [3.05, 3.63) is 64.4 Å². The Bertz CT molecular complexity index is 1350. The van der Waals surface area contributed by atoms with Gasteiger partial charge in [-0.05, 0) is 69.4 Å². The Morgan fingerprint density at radius 2 is 1.97 bits per heavy atom. The van der Waals surface area contributed by atoms with Crippen LogP contribution in [0, 0.1) is 13.8 Å². The summed E-state index contributed by atoms with van der Waals surface area (Å²) < 4.78 is 8.75. The SMILES string of the molecule is Cc1ccc(-n2cnnc2SCC(=O)Nc2ccc3oc(=O)n(CCN(C)C)c3c2)cc1C. The molecule has 9 nitrogen and oxygen atoms in total. The van der Waals surface area contributed by atoms with Crippen LogP contribution in [0.4, 0.5) is 5.69 Å². The lowest BCUT2D eigenvalue weighted by Gasteiger charge is -2.10. The fourth-order valence-electron chi connectivity index (χ4n) is 3.35. The lowest BCUT2D eigenvalue weighted by Crippen LogP contribution is -2.23. The van der Waals surface area contributed by atoms with Crippen molar-refractivity contribution in [1.29, 1.82) is 0 Å². The number of aryl methyl sites for hydroxylation is 2. The Kier molecular flexibility index (Phi) is 6.66. The van der Waals surface area contributed by atoms with Crippen molar-refractivity contribution in [1.82, 2.24) is 24.2 Å². The Hall–Kier alpha value is -3.37. The molecular weight excluding hydrogens is 440 g/mol. The molecule has 0 unspecified atom stereocenters. The van der Waals surface area contributed by atoms with Crippen LogP contribution in [-0.4, -0.2) is 56.5 Å². The molecule has 0 aliphatic rings. The highest BCUT2D eigenvalue weighted by molar-refractivity contribution is 7.99. The van der Waals surface area contributed by atoms with E-state index in [9.17, 15) is 9.59 Å². The predicted molar refractivity (Wildman–Crippen MR) is 129 cm³/mol. The van der Waals surface area contributed by atoms with Gasteiger partial charge in [-0.1, -0.05) is 17.8 Å². The van der Waals surface area contributed by atoms with Crippen LogP contribution in [0.1, 0.15) is 11.1 Å². The Morgan fingerprint density at radius 3 is 2.73 bits per heavy atom. The Labute approximate surface area is 195 Å². The molecule has 0 fully saturated rings. The van der Waals surface area contributed by atoms with Crippen molar-refractivity contribution in [2.45, 2.75) is 25.5 Å². The average molecular weight is 467 g/mol. The zero-order chi connectivity index (χ0) is 23.5. The molecule has 0 aliphatic heterocycles. The zero-order valence-electron chi connectivity index (χ0n) is 19.0. The van der Waals surface area contributed by atoms with E-state index in [0.29, 0.717) is 35.0 Å². The minimum Gasteiger partial charge on any atom is -0.408 e. The largest absolute Gasteiger partial charge is 0.419 e. The molecule has 0 saturated heterocycles. The normalized spacial score (nSPS) is 11.4.